The zero-order chi connectivity index (χ0) is 26.8. The highest BCUT2D eigenvalue weighted by Crippen LogP contribution is 2.33. The van der Waals surface area contributed by atoms with Crippen LogP contribution in [0.4, 0.5) is 11.5 Å². The average Bonchev–Trinajstić information content (AvgIpc) is 3.38. The molecular formula is C29H33N7O3. The van der Waals surface area contributed by atoms with Gasteiger partial charge in [0.1, 0.15) is 5.82 Å². The van der Waals surface area contributed by atoms with E-state index in [1.54, 1.807) is 12.3 Å². The van der Waals surface area contributed by atoms with Gasteiger partial charge in [0.2, 0.25) is 0 Å². The molecule has 39 heavy (non-hydrogen) atoms. The summed E-state index contributed by atoms with van der Waals surface area (Å²) in [5.41, 5.74) is 4.35. The number of benzene rings is 1. The number of carbonyl (C=O) groups is 1. The minimum absolute atomic E-state index is 0.0615. The van der Waals surface area contributed by atoms with Crippen molar-refractivity contribution in [2.45, 2.75) is 25.8 Å². The van der Waals surface area contributed by atoms with E-state index in [9.17, 15) is 15.0 Å². The number of aliphatic hydroxyl groups excluding tert-OH is 2. The first kappa shape index (κ1) is 25.4. The molecule has 0 spiro atoms. The Bertz CT molecular complexity index is 1450. The van der Waals surface area contributed by atoms with Crippen LogP contribution in [0.15, 0.2) is 55.0 Å². The quantitative estimate of drug-likeness (QED) is 0.275. The van der Waals surface area contributed by atoms with Gasteiger partial charge in [-0.2, -0.15) is 5.10 Å². The molecule has 0 unspecified atom stereocenters. The van der Waals surface area contributed by atoms with E-state index in [-0.39, 0.29) is 19.1 Å². The number of anilines is 2. The van der Waals surface area contributed by atoms with Gasteiger partial charge in [-0.15, -0.1) is 0 Å². The Kier molecular flexibility index (Phi) is 6.99. The van der Waals surface area contributed by atoms with Gasteiger partial charge in [0, 0.05) is 43.0 Å². The van der Waals surface area contributed by atoms with Gasteiger partial charge < -0.3 is 20.4 Å². The Hall–Kier alpha value is -3.86. The molecule has 2 aliphatic heterocycles. The highest BCUT2D eigenvalue weighted by atomic mass is 16.3. The Morgan fingerprint density at radius 3 is 2.54 bits per heavy atom. The molecule has 0 atom stereocenters. The van der Waals surface area contributed by atoms with Crippen LogP contribution in [0.1, 0.15) is 35.3 Å². The summed E-state index contributed by atoms with van der Waals surface area (Å²) in [6.45, 7) is 4.12. The number of carbonyl (C=O) groups excluding carboxylic acids is 1. The lowest BCUT2D eigenvalue weighted by atomic mass is 9.81. The van der Waals surface area contributed by atoms with Crippen molar-refractivity contribution in [3.8, 4) is 11.1 Å². The number of amides is 1. The molecule has 4 aromatic rings. The minimum Gasteiger partial charge on any atom is -0.396 e. The second kappa shape index (κ2) is 10.7. The molecule has 0 bridgehead atoms. The molecule has 4 N–H and O–H groups in total. The highest BCUT2D eigenvalue weighted by molar-refractivity contribution is 6.11. The number of aromatic nitrogens is 4. The summed E-state index contributed by atoms with van der Waals surface area (Å²) in [4.78, 5) is 26.6. The number of piperidine rings is 1. The minimum atomic E-state index is -0.473. The lowest BCUT2D eigenvalue weighted by molar-refractivity contribution is 0.0302. The first-order valence-corrected chi connectivity index (χ1v) is 13.4. The largest absolute Gasteiger partial charge is 0.396 e. The highest BCUT2D eigenvalue weighted by Gasteiger charge is 2.42. The standard InChI is InChI=1S/C29H33N7O3/c37-18-29(19-38)16-36(17-29)26-7-5-23(14-31-26)32-28(39)27-24-11-21(4-6-25(24)33-34-27)22-10-20(12-30-13-22)15-35-8-2-1-3-9-35/h4-7,10-14,37-38H,1-3,8-9,15-19H2,(H,32,39)(H,33,34). The monoisotopic (exact) mass is 527 g/mol. The fourth-order valence-electron chi connectivity index (χ4n) is 5.49. The molecule has 2 fully saturated rings. The van der Waals surface area contributed by atoms with Crippen molar-refractivity contribution in [2.75, 3.05) is 49.6 Å². The summed E-state index contributed by atoms with van der Waals surface area (Å²) in [6.07, 6.45) is 9.22. The van der Waals surface area contributed by atoms with Crippen molar-refractivity contribution in [2.24, 2.45) is 5.41 Å². The van der Waals surface area contributed by atoms with E-state index in [4.69, 9.17) is 0 Å². The third-order valence-corrected chi connectivity index (χ3v) is 7.81. The number of aromatic amines is 1. The Morgan fingerprint density at radius 2 is 1.79 bits per heavy atom. The van der Waals surface area contributed by atoms with Crippen LogP contribution in [0, 0.1) is 5.41 Å². The summed E-state index contributed by atoms with van der Waals surface area (Å²) in [6, 6.07) is 11.7. The summed E-state index contributed by atoms with van der Waals surface area (Å²) < 4.78 is 0. The van der Waals surface area contributed by atoms with Crippen LogP contribution in [-0.4, -0.2) is 80.6 Å². The van der Waals surface area contributed by atoms with Crippen LogP contribution in [0.3, 0.4) is 0 Å². The van der Waals surface area contributed by atoms with E-state index in [1.165, 1.54) is 24.8 Å². The second-order valence-corrected chi connectivity index (χ2v) is 10.8. The molecule has 0 aliphatic carbocycles. The fourth-order valence-corrected chi connectivity index (χ4v) is 5.49. The van der Waals surface area contributed by atoms with Gasteiger partial charge >= 0.3 is 0 Å². The van der Waals surface area contributed by atoms with Gasteiger partial charge in [-0.3, -0.25) is 19.8 Å². The van der Waals surface area contributed by atoms with Gasteiger partial charge in [-0.1, -0.05) is 12.5 Å². The number of hydrogen-bond acceptors (Lipinski definition) is 8. The number of aliphatic hydroxyl groups is 2. The van der Waals surface area contributed by atoms with Crippen molar-refractivity contribution >= 4 is 28.3 Å². The third-order valence-electron chi connectivity index (χ3n) is 7.81. The number of H-pyrrole nitrogens is 1. The van der Waals surface area contributed by atoms with Crippen LogP contribution >= 0.6 is 0 Å². The maximum absolute atomic E-state index is 13.2. The molecule has 10 heteroatoms. The van der Waals surface area contributed by atoms with Crippen LogP contribution < -0.4 is 10.2 Å². The maximum Gasteiger partial charge on any atom is 0.276 e. The Morgan fingerprint density at radius 1 is 0.974 bits per heavy atom. The van der Waals surface area contributed by atoms with Gasteiger partial charge in [0.25, 0.3) is 5.91 Å². The predicted octanol–water partition coefficient (Wildman–Crippen LogP) is 3.05. The normalized spacial score (nSPS) is 17.2. The van der Waals surface area contributed by atoms with E-state index in [1.807, 2.05) is 41.6 Å². The number of nitrogens with one attached hydrogen (secondary N) is 2. The number of rotatable bonds is 8. The van der Waals surface area contributed by atoms with Gasteiger partial charge in [-0.25, -0.2) is 4.98 Å². The van der Waals surface area contributed by atoms with E-state index in [0.717, 1.165) is 47.5 Å². The maximum atomic E-state index is 13.2. The van der Waals surface area contributed by atoms with Crippen LogP contribution in [0.2, 0.25) is 0 Å². The molecule has 0 radical (unpaired) electrons. The number of likely N-dealkylation sites (tertiary alicyclic amines) is 1. The number of nitrogens with zero attached hydrogens (tertiary/aromatic N) is 5. The molecule has 1 aromatic carbocycles. The van der Waals surface area contributed by atoms with Gasteiger partial charge in [0.05, 0.1) is 36.0 Å². The first-order chi connectivity index (χ1) is 19.1. The molecular weight excluding hydrogens is 494 g/mol. The van der Waals surface area contributed by atoms with Crippen LogP contribution in [0.25, 0.3) is 22.0 Å². The fraction of sp³-hybridized carbons (Fsp3) is 0.379. The summed E-state index contributed by atoms with van der Waals surface area (Å²) in [5.74, 6) is 0.407. The topological polar surface area (TPSA) is 130 Å². The lowest BCUT2D eigenvalue weighted by Gasteiger charge is -2.48. The first-order valence-electron chi connectivity index (χ1n) is 13.4. The van der Waals surface area contributed by atoms with Gasteiger partial charge in [-0.05, 0) is 67.4 Å². The van der Waals surface area contributed by atoms with Gasteiger partial charge in [0.15, 0.2) is 5.69 Å². The SMILES string of the molecule is O=C(Nc1ccc(N2CC(CO)(CO)C2)nc1)c1n[nH]c2ccc(-c3cncc(CN4CCCCC4)c3)cc12. The molecule has 3 aromatic heterocycles. The molecule has 1 amide bonds. The van der Waals surface area contributed by atoms with Crippen molar-refractivity contribution in [3.63, 3.8) is 0 Å². The molecule has 6 rings (SSSR count). The Balaban J connectivity index is 1.16. The van der Waals surface area contributed by atoms with E-state index >= 15 is 0 Å². The number of pyridine rings is 2. The summed E-state index contributed by atoms with van der Waals surface area (Å²) in [7, 11) is 0. The second-order valence-electron chi connectivity index (χ2n) is 10.8. The van der Waals surface area contributed by atoms with Crippen molar-refractivity contribution in [1.29, 1.82) is 0 Å². The third kappa shape index (κ3) is 5.23. The van der Waals surface area contributed by atoms with Crippen molar-refractivity contribution < 1.29 is 15.0 Å². The molecule has 202 valence electrons. The van der Waals surface area contributed by atoms with Crippen LogP contribution in [0.5, 0.6) is 0 Å². The van der Waals surface area contributed by atoms with E-state index in [0.29, 0.717) is 24.5 Å². The smallest absolute Gasteiger partial charge is 0.276 e. The summed E-state index contributed by atoms with van der Waals surface area (Å²) >= 11 is 0. The number of hydrogen-bond donors (Lipinski definition) is 4. The van der Waals surface area contributed by atoms with Crippen molar-refractivity contribution in [3.05, 3.63) is 66.2 Å². The molecule has 10 nitrogen and oxygen atoms in total. The molecule has 2 saturated heterocycles. The predicted molar refractivity (Wildman–Crippen MR) is 149 cm³/mol. The lowest BCUT2D eigenvalue weighted by Crippen LogP contribution is -2.60. The Labute approximate surface area is 226 Å². The van der Waals surface area contributed by atoms with E-state index < -0.39 is 5.41 Å². The van der Waals surface area contributed by atoms with Crippen LogP contribution in [-0.2, 0) is 6.54 Å². The zero-order valence-corrected chi connectivity index (χ0v) is 21.8. The zero-order valence-electron chi connectivity index (χ0n) is 21.8. The van der Waals surface area contributed by atoms with E-state index in [2.05, 4.69) is 36.4 Å². The molecule has 0 saturated carbocycles. The molecule has 2 aliphatic rings. The van der Waals surface area contributed by atoms with Crippen molar-refractivity contribution in [1.82, 2.24) is 25.1 Å². The average molecular weight is 528 g/mol. The summed E-state index contributed by atoms with van der Waals surface area (Å²) in [5, 5.41) is 29.9. The number of fused-ring (bicyclic) bond motifs is 1. The molecule has 5 heterocycles.